The van der Waals surface area contributed by atoms with Crippen LogP contribution in [-0.4, -0.2) is 56.7 Å². The van der Waals surface area contributed by atoms with Crippen molar-refractivity contribution in [2.24, 2.45) is 0 Å². The first kappa shape index (κ1) is 24.0. The molecule has 1 aromatic carbocycles. The van der Waals surface area contributed by atoms with Crippen molar-refractivity contribution in [3.63, 3.8) is 0 Å². The number of piperidine rings is 1. The third-order valence-corrected chi connectivity index (χ3v) is 5.70. The second-order valence-corrected chi connectivity index (χ2v) is 7.97. The SMILES string of the molecule is N#Cc1cccc(CN2CC3(CCCCN3c3cncnc3)CC2=O)c1.O=C(O)C(F)(F)F. The van der Waals surface area contributed by atoms with Gasteiger partial charge in [-0.3, -0.25) is 4.79 Å². The summed E-state index contributed by atoms with van der Waals surface area (Å²) in [6.45, 7) is 2.19. The first-order valence-electron chi connectivity index (χ1n) is 10.2. The van der Waals surface area contributed by atoms with Gasteiger partial charge in [0.2, 0.25) is 5.91 Å². The molecule has 2 saturated heterocycles. The van der Waals surface area contributed by atoms with Crippen LogP contribution in [0.2, 0.25) is 0 Å². The number of aromatic nitrogens is 2. The molecule has 1 spiro atoms. The van der Waals surface area contributed by atoms with Crippen LogP contribution in [0, 0.1) is 11.3 Å². The lowest BCUT2D eigenvalue weighted by Gasteiger charge is -2.45. The number of anilines is 1. The summed E-state index contributed by atoms with van der Waals surface area (Å²) < 4.78 is 31.7. The number of alkyl halides is 3. The van der Waals surface area contributed by atoms with Crippen LogP contribution >= 0.6 is 0 Å². The number of likely N-dealkylation sites (tertiary alicyclic amines) is 1. The van der Waals surface area contributed by atoms with Crippen LogP contribution in [0.15, 0.2) is 43.0 Å². The molecule has 3 heterocycles. The number of carboxylic acids is 1. The lowest BCUT2D eigenvalue weighted by Crippen LogP contribution is -2.54. The van der Waals surface area contributed by atoms with Crippen molar-refractivity contribution in [1.82, 2.24) is 14.9 Å². The van der Waals surface area contributed by atoms with Crippen LogP contribution < -0.4 is 4.90 Å². The van der Waals surface area contributed by atoms with Gasteiger partial charge in [-0.25, -0.2) is 14.8 Å². The summed E-state index contributed by atoms with van der Waals surface area (Å²) >= 11 is 0. The number of hydrogen-bond acceptors (Lipinski definition) is 6. The molecule has 0 radical (unpaired) electrons. The monoisotopic (exact) mass is 461 g/mol. The molecule has 4 rings (SSSR count). The highest BCUT2D eigenvalue weighted by molar-refractivity contribution is 5.81. The molecule has 33 heavy (non-hydrogen) atoms. The molecule has 0 aliphatic carbocycles. The molecule has 1 amide bonds. The number of hydrogen-bond donors (Lipinski definition) is 1. The Labute approximate surface area is 188 Å². The van der Waals surface area contributed by atoms with Crippen molar-refractivity contribution in [3.8, 4) is 6.07 Å². The van der Waals surface area contributed by atoms with Gasteiger partial charge in [0.15, 0.2) is 0 Å². The number of amides is 1. The molecule has 11 heteroatoms. The minimum Gasteiger partial charge on any atom is -0.475 e. The molecule has 1 aromatic heterocycles. The molecule has 2 aliphatic heterocycles. The number of aliphatic carboxylic acids is 1. The van der Waals surface area contributed by atoms with Crippen molar-refractivity contribution in [3.05, 3.63) is 54.1 Å². The zero-order chi connectivity index (χ0) is 24.1. The minimum atomic E-state index is -5.08. The van der Waals surface area contributed by atoms with E-state index in [-0.39, 0.29) is 11.4 Å². The second-order valence-electron chi connectivity index (χ2n) is 7.97. The van der Waals surface area contributed by atoms with Gasteiger partial charge >= 0.3 is 12.1 Å². The van der Waals surface area contributed by atoms with Crippen molar-refractivity contribution < 1.29 is 27.9 Å². The summed E-state index contributed by atoms with van der Waals surface area (Å²) in [5.41, 5.74) is 2.45. The van der Waals surface area contributed by atoms with E-state index in [1.54, 1.807) is 6.07 Å². The van der Waals surface area contributed by atoms with E-state index in [1.165, 1.54) is 6.33 Å². The summed E-state index contributed by atoms with van der Waals surface area (Å²) in [6, 6.07) is 9.66. The molecule has 0 saturated carbocycles. The average Bonchev–Trinajstić information content (AvgIpc) is 3.09. The number of nitriles is 1. The van der Waals surface area contributed by atoms with Gasteiger partial charge < -0.3 is 14.9 Å². The maximum Gasteiger partial charge on any atom is 0.490 e. The number of carbonyl (C=O) groups excluding carboxylic acids is 1. The van der Waals surface area contributed by atoms with E-state index in [2.05, 4.69) is 20.9 Å². The van der Waals surface area contributed by atoms with E-state index in [9.17, 15) is 18.0 Å². The molecule has 0 bridgehead atoms. The summed E-state index contributed by atoms with van der Waals surface area (Å²) in [5.74, 6) is -2.58. The predicted octanol–water partition coefficient (Wildman–Crippen LogP) is 3.14. The molecule has 2 fully saturated rings. The first-order chi connectivity index (χ1) is 15.6. The molecular formula is C22H22F3N5O3. The topological polar surface area (TPSA) is 110 Å². The fourth-order valence-corrected chi connectivity index (χ4v) is 4.27. The fraction of sp³-hybridized carbons (Fsp3) is 0.409. The Bertz CT molecular complexity index is 1040. The molecule has 2 aliphatic rings. The molecule has 8 nitrogen and oxygen atoms in total. The summed E-state index contributed by atoms with van der Waals surface area (Å²) in [5, 5.41) is 16.2. The number of nitrogens with zero attached hydrogens (tertiary/aromatic N) is 5. The van der Waals surface area contributed by atoms with Crippen LogP contribution in [0.3, 0.4) is 0 Å². The predicted molar refractivity (Wildman–Crippen MR) is 111 cm³/mol. The normalized spacial score (nSPS) is 20.2. The van der Waals surface area contributed by atoms with E-state index >= 15 is 0 Å². The number of benzene rings is 1. The quantitative estimate of drug-likeness (QED) is 0.748. The second kappa shape index (κ2) is 9.85. The Morgan fingerprint density at radius 3 is 2.58 bits per heavy atom. The number of carboxylic acid groups (broad SMARTS) is 1. The van der Waals surface area contributed by atoms with Gasteiger partial charge in [0.25, 0.3) is 0 Å². The van der Waals surface area contributed by atoms with Gasteiger partial charge in [0.1, 0.15) is 6.33 Å². The van der Waals surface area contributed by atoms with Gasteiger partial charge in [-0.05, 0) is 37.0 Å². The van der Waals surface area contributed by atoms with Crippen molar-refractivity contribution in [2.45, 2.75) is 43.9 Å². The molecule has 2 aromatic rings. The largest absolute Gasteiger partial charge is 0.490 e. The van der Waals surface area contributed by atoms with E-state index in [1.807, 2.05) is 35.5 Å². The Morgan fingerprint density at radius 2 is 1.94 bits per heavy atom. The van der Waals surface area contributed by atoms with Crippen molar-refractivity contribution in [2.75, 3.05) is 18.0 Å². The fourth-order valence-electron chi connectivity index (χ4n) is 4.27. The average molecular weight is 461 g/mol. The van der Waals surface area contributed by atoms with E-state index < -0.39 is 12.1 Å². The van der Waals surface area contributed by atoms with Crippen LogP contribution in [0.1, 0.15) is 36.8 Å². The maximum atomic E-state index is 12.8. The Kier molecular flexibility index (Phi) is 7.16. The van der Waals surface area contributed by atoms with E-state index in [0.717, 1.165) is 37.1 Å². The van der Waals surface area contributed by atoms with Crippen LogP contribution in [0.4, 0.5) is 18.9 Å². The Morgan fingerprint density at radius 1 is 1.24 bits per heavy atom. The summed E-state index contributed by atoms with van der Waals surface area (Å²) in [6.07, 6.45) is 3.91. The number of halogens is 3. The van der Waals surface area contributed by atoms with Gasteiger partial charge in [-0.1, -0.05) is 12.1 Å². The molecule has 1 N–H and O–H groups in total. The highest BCUT2D eigenvalue weighted by Gasteiger charge is 2.48. The Balaban J connectivity index is 0.000000383. The smallest absolute Gasteiger partial charge is 0.475 e. The molecule has 1 unspecified atom stereocenters. The van der Waals surface area contributed by atoms with E-state index in [0.29, 0.717) is 25.1 Å². The zero-order valence-corrected chi connectivity index (χ0v) is 17.6. The molecule has 1 atom stereocenters. The lowest BCUT2D eigenvalue weighted by atomic mass is 9.85. The highest BCUT2D eigenvalue weighted by Crippen LogP contribution is 2.40. The van der Waals surface area contributed by atoms with Crippen LogP contribution in [-0.2, 0) is 16.1 Å². The van der Waals surface area contributed by atoms with Crippen LogP contribution in [0.5, 0.6) is 0 Å². The lowest BCUT2D eigenvalue weighted by molar-refractivity contribution is -0.192. The molecular weight excluding hydrogens is 439 g/mol. The maximum absolute atomic E-state index is 12.8. The van der Waals surface area contributed by atoms with Crippen molar-refractivity contribution >= 4 is 17.6 Å². The zero-order valence-electron chi connectivity index (χ0n) is 17.6. The standard InChI is InChI=1S/C20H21N5O.C2HF3O2/c21-10-16-4-3-5-17(8-16)13-24-14-20(9-19(24)26)6-1-2-7-25(20)18-11-22-15-23-12-18;3-2(4,5)1(6)7/h3-5,8,11-12,15H,1-2,6-7,9,13-14H2;(H,6,7). The van der Waals surface area contributed by atoms with Crippen LogP contribution in [0.25, 0.3) is 0 Å². The highest BCUT2D eigenvalue weighted by atomic mass is 19.4. The Hall–Kier alpha value is -3.68. The first-order valence-corrected chi connectivity index (χ1v) is 10.2. The number of carbonyl (C=O) groups is 2. The summed E-state index contributed by atoms with van der Waals surface area (Å²) in [7, 11) is 0. The van der Waals surface area contributed by atoms with Gasteiger partial charge in [-0.2, -0.15) is 18.4 Å². The summed E-state index contributed by atoms with van der Waals surface area (Å²) in [4.78, 5) is 34.3. The van der Waals surface area contributed by atoms with E-state index in [4.69, 9.17) is 15.2 Å². The van der Waals surface area contributed by atoms with Gasteiger partial charge in [0.05, 0.1) is 41.7 Å². The third kappa shape index (κ3) is 5.77. The van der Waals surface area contributed by atoms with Gasteiger partial charge in [-0.15, -0.1) is 0 Å². The van der Waals surface area contributed by atoms with Crippen molar-refractivity contribution in [1.29, 1.82) is 5.26 Å². The van der Waals surface area contributed by atoms with Gasteiger partial charge in [0, 0.05) is 19.6 Å². The third-order valence-electron chi connectivity index (χ3n) is 5.70. The molecule has 174 valence electrons. The minimum absolute atomic E-state index is 0.174. The number of rotatable bonds is 3.